The lowest BCUT2D eigenvalue weighted by Gasteiger charge is -2.31. The number of esters is 1. The zero-order valence-electron chi connectivity index (χ0n) is 19.8. The Labute approximate surface area is 207 Å². The third-order valence-corrected chi connectivity index (χ3v) is 8.36. The maximum atomic E-state index is 13.4. The predicted octanol–water partition coefficient (Wildman–Crippen LogP) is 4.83. The monoisotopic (exact) mass is 521 g/mol. The Kier molecular flexibility index (Phi) is 7.24. The molecular weight excluding hydrogens is 495 g/mol. The zero-order valence-corrected chi connectivity index (χ0v) is 20.6. The van der Waals surface area contributed by atoms with Crippen molar-refractivity contribution in [2.45, 2.75) is 49.3 Å². The Morgan fingerprint density at radius 1 is 1.17 bits per heavy atom. The van der Waals surface area contributed by atoms with Gasteiger partial charge in [0.25, 0.3) is 0 Å². The summed E-state index contributed by atoms with van der Waals surface area (Å²) < 4.78 is 73.8. The van der Waals surface area contributed by atoms with E-state index in [1.807, 2.05) is 0 Å². The standard InChI is InChI=1S/C25H26F3N3O4S/c1-30(22-7-4-8-23-21(22)16-29-31(23)14-13-24(32)35-2)36(33,34)20-11-9-17(10-12-20)18-5-3-6-19(15-18)25(26,27)28/h3,5-6,9-12,15-16,22H,4,7-8,13-14H2,1-2H3. The third kappa shape index (κ3) is 5.17. The quantitative estimate of drug-likeness (QED) is 0.416. The summed E-state index contributed by atoms with van der Waals surface area (Å²) in [6, 6.07) is 10.3. The van der Waals surface area contributed by atoms with E-state index in [1.165, 1.54) is 48.8 Å². The van der Waals surface area contributed by atoms with Gasteiger partial charge in [0.2, 0.25) is 10.0 Å². The van der Waals surface area contributed by atoms with Crippen molar-refractivity contribution in [1.29, 1.82) is 0 Å². The summed E-state index contributed by atoms with van der Waals surface area (Å²) in [5, 5.41) is 4.37. The highest BCUT2D eigenvalue weighted by Gasteiger charge is 2.34. The van der Waals surface area contributed by atoms with E-state index in [4.69, 9.17) is 0 Å². The minimum Gasteiger partial charge on any atom is -0.469 e. The van der Waals surface area contributed by atoms with E-state index in [2.05, 4.69) is 9.84 Å². The highest BCUT2D eigenvalue weighted by atomic mass is 32.2. The number of methoxy groups -OCH3 is 1. The summed E-state index contributed by atoms with van der Waals surface area (Å²) in [6.07, 6.45) is -0.537. The Hall–Kier alpha value is -3.18. The Morgan fingerprint density at radius 3 is 2.56 bits per heavy atom. The first-order valence-electron chi connectivity index (χ1n) is 11.4. The molecule has 0 aliphatic heterocycles. The maximum Gasteiger partial charge on any atom is 0.416 e. The highest BCUT2D eigenvalue weighted by molar-refractivity contribution is 7.89. The van der Waals surface area contributed by atoms with Gasteiger partial charge in [0, 0.05) is 18.3 Å². The lowest BCUT2D eigenvalue weighted by Crippen LogP contribution is -2.33. The fraction of sp³-hybridized carbons (Fsp3) is 0.360. The van der Waals surface area contributed by atoms with Crippen LogP contribution in [-0.4, -0.2) is 42.6 Å². The molecule has 1 aliphatic rings. The molecule has 0 bridgehead atoms. The third-order valence-electron chi connectivity index (χ3n) is 6.48. The molecule has 1 atom stereocenters. The number of aryl methyl sites for hydroxylation is 1. The second kappa shape index (κ2) is 10.1. The predicted molar refractivity (Wildman–Crippen MR) is 126 cm³/mol. The molecule has 4 rings (SSSR count). The van der Waals surface area contributed by atoms with E-state index in [0.29, 0.717) is 24.1 Å². The van der Waals surface area contributed by atoms with E-state index in [1.54, 1.807) is 16.9 Å². The summed E-state index contributed by atoms with van der Waals surface area (Å²) in [7, 11) is -1.05. The number of ether oxygens (including phenoxy) is 1. The van der Waals surface area contributed by atoms with Crippen molar-refractivity contribution in [2.24, 2.45) is 0 Å². The van der Waals surface area contributed by atoms with Crippen molar-refractivity contribution in [1.82, 2.24) is 14.1 Å². The number of aromatic nitrogens is 2. The summed E-state index contributed by atoms with van der Waals surface area (Å²) >= 11 is 0. The second-order valence-electron chi connectivity index (χ2n) is 8.63. The SMILES string of the molecule is COC(=O)CCn1ncc2c1CCCC2N(C)S(=O)(=O)c1ccc(-c2cccc(C(F)(F)F)c2)cc1. The maximum absolute atomic E-state index is 13.4. The average Bonchev–Trinajstić information content (AvgIpc) is 3.29. The van der Waals surface area contributed by atoms with Gasteiger partial charge in [-0.2, -0.15) is 22.6 Å². The van der Waals surface area contributed by atoms with E-state index in [0.717, 1.165) is 36.2 Å². The first-order valence-corrected chi connectivity index (χ1v) is 12.8. The molecule has 0 saturated heterocycles. The number of sulfonamides is 1. The van der Waals surface area contributed by atoms with Crippen LogP contribution in [0.2, 0.25) is 0 Å². The van der Waals surface area contributed by atoms with Crippen molar-refractivity contribution >= 4 is 16.0 Å². The molecule has 1 heterocycles. The van der Waals surface area contributed by atoms with Gasteiger partial charge in [-0.15, -0.1) is 0 Å². The number of rotatable bonds is 7. The van der Waals surface area contributed by atoms with Crippen LogP contribution in [0.5, 0.6) is 0 Å². The van der Waals surface area contributed by atoms with Crippen LogP contribution in [0.1, 0.15) is 42.1 Å². The van der Waals surface area contributed by atoms with Gasteiger partial charge in [-0.05, 0) is 54.7 Å². The first kappa shape index (κ1) is 25.9. The minimum atomic E-state index is -4.46. The number of carbonyl (C=O) groups excluding carboxylic acids is 1. The van der Waals surface area contributed by atoms with Gasteiger partial charge in [0.05, 0.1) is 42.8 Å². The number of carbonyl (C=O) groups is 1. The number of hydrogen-bond acceptors (Lipinski definition) is 5. The zero-order chi connectivity index (χ0) is 26.1. The molecule has 0 spiro atoms. The van der Waals surface area contributed by atoms with Crippen LogP contribution in [0, 0.1) is 0 Å². The van der Waals surface area contributed by atoms with E-state index < -0.39 is 27.8 Å². The van der Waals surface area contributed by atoms with Gasteiger partial charge in [-0.1, -0.05) is 24.3 Å². The number of fused-ring (bicyclic) bond motifs is 1. The van der Waals surface area contributed by atoms with E-state index in [-0.39, 0.29) is 17.3 Å². The largest absolute Gasteiger partial charge is 0.469 e. The van der Waals surface area contributed by atoms with Gasteiger partial charge in [0.1, 0.15) is 0 Å². The molecule has 11 heteroatoms. The molecule has 1 aromatic heterocycles. The molecule has 0 saturated carbocycles. The van der Waals surface area contributed by atoms with Crippen molar-refractivity contribution in [3.8, 4) is 11.1 Å². The summed E-state index contributed by atoms with van der Waals surface area (Å²) in [5.74, 6) is -0.347. The Balaban J connectivity index is 1.56. The number of hydrogen-bond donors (Lipinski definition) is 0. The van der Waals surface area contributed by atoms with Crippen LogP contribution < -0.4 is 0 Å². The van der Waals surface area contributed by atoms with Crippen molar-refractivity contribution in [2.75, 3.05) is 14.2 Å². The lowest BCUT2D eigenvalue weighted by molar-refractivity contribution is -0.141. The van der Waals surface area contributed by atoms with E-state index >= 15 is 0 Å². The van der Waals surface area contributed by atoms with Crippen LogP contribution in [0.25, 0.3) is 11.1 Å². The molecule has 36 heavy (non-hydrogen) atoms. The fourth-order valence-corrected chi connectivity index (χ4v) is 5.86. The topological polar surface area (TPSA) is 81.5 Å². The van der Waals surface area contributed by atoms with Crippen LogP contribution in [-0.2, 0) is 38.7 Å². The molecule has 7 nitrogen and oxygen atoms in total. The molecule has 0 radical (unpaired) electrons. The summed E-state index contributed by atoms with van der Waals surface area (Å²) in [4.78, 5) is 11.6. The number of nitrogens with zero attached hydrogens (tertiary/aromatic N) is 3. The fourth-order valence-electron chi connectivity index (χ4n) is 4.49. The van der Waals surface area contributed by atoms with Crippen LogP contribution in [0.3, 0.4) is 0 Å². The molecule has 3 aromatic rings. The van der Waals surface area contributed by atoms with Gasteiger partial charge in [0.15, 0.2) is 0 Å². The first-order chi connectivity index (χ1) is 17.0. The molecule has 2 aromatic carbocycles. The average molecular weight is 522 g/mol. The molecule has 192 valence electrons. The van der Waals surface area contributed by atoms with Crippen LogP contribution in [0.15, 0.2) is 59.6 Å². The Morgan fingerprint density at radius 2 is 1.89 bits per heavy atom. The van der Waals surface area contributed by atoms with Gasteiger partial charge in [-0.25, -0.2) is 8.42 Å². The van der Waals surface area contributed by atoms with Gasteiger partial charge < -0.3 is 4.74 Å². The van der Waals surface area contributed by atoms with Crippen LogP contribution >= 0.6 is 0 Å². The van der Waals surface area contributed by atoms with Gasteiger partial charge >= 0.3 is 12.1 Å². The molecular formula is C25H26F3N3O4S. The number of benzene rings is 2. The molecule has 0 N–H and O–H groups in total. The Bertz CT molecular complexity index is 1350. The van der Waals surface area contributed by atoms with E-state index in [9.17, 15) is 26.4 Å². The minimum absolute atomic E-state index is 0.0472. The molecule has 0 amide bonds. The van der Waals surface area contributed by atoms with Crippen molar-refractivity contribution in [3.05, 3.63) is 71.5 Å². The lowest BCUT2D eigenvalue weighted by atomic mass is 9.93. The molecule has 0 fully saturated rings. The normalized spacial score (nSPS) is 16.1. The van der Waals surface area contributed by atoms with Crippen molar-refractivity contribution in [3.63, 3.8) is 0 Å². The van der Waals surface area contributed by atoms with Gasteiger partial charge in [-0.3, -0.25) is 9.48 Å². The summed E-state index contributed by atoms with van der Waals surface area (Å²) in [6.45, 7) is 0.349. The highest BCUT2D eigenvalue weighted by Crippen LogP contribution is 2.37. The molecule has 1 aliphatic carbocycles. The summed E-state index contributed by atoms with van der Waals surface area (Å²) in [5.41, 5.74) is 1.76. The smallest absolute Gasteiger partial charge is 0.416 e. The molecule has 1 unspecified atom stereocenters. The van der Waals surface area contributed by atoms with Crippen molar-refractivity contribution < 1.29 is 31.1 Å². The second-order valence-corrected chi connectivity index (χ2v) is 10.6. The number of halogens is 3. The number of alkyl halides is 3. The van der Waals surface area contributed by atoms with Crippen LogP contribution in [0.4, 0.5) is 13.2 Å².